The standard InChI is InChI=1S/C19H23N3O3S/c1-2-25-19(24)21-10-8-16(9-11-21)17(23)20-18-22(12-13-26-18)14-15-6-4-3-5-7-15/h3-7,12-13,16H,2,8-11,14H2,1H3. The number of nitrogens with zero attached hydrogens (tertiary/aromatic N) is 3. The van der Waals surface area contributed by atoms with Crippen LogP contribution in [0, 0.1) is 5.92 Å². The molecule has 0 atom stereocenters. The summed E-state index contributed by atoms with van der Waals surface area (Å²) in [6.07, 6.45) is 2.91. The van der Waals surface area contributed by atoms with Crippen LogP contribution >= 0.6 is 11.3 Å². The third-order valence-corrected chi connectivity index (χ3v) is 5.23. The second-order valence-corrected chi connectivity index (χ2v) is 7.08. The van der Waals surface area contributed by atoms with Crippen LogP contribution in [0.15, 0.2) is 46.9 Å². The van der Waals surface area contributed by atoms with Crippen molar-refractivity contribution in [3.63, 3.8) is 0 Å². The molecule has 0 aliphatic carbocycles. The maximum Gasteiger partial charge on any atom is 0.409 e. The molecule has 0 unspecified atom stereocenters. The summed E-state index contributed by atoms with van der Waals surface area (Å²) in [7, 11) is 0. The molecule has 0 saturated carbocycles. The van der Waals surface area contributed by atoms with Gasteiger partial charge in [-0.25, -0.2) is 4.79 Å². The minimum Gasteiger partial charge on any atom is -0.450 e. The minimum atomic E-state index is -0.297. The number of thiazole rings is 1. The van der Waals surface area contributed by atoms with Gasteiger partial charge in [0.2, 0.25) is 0 Å². The summed E-state index contributed by atoms with van der Waals surface area (Å²) in [5.74, 6) is -0.231. The number of ether oxygens (including phenoxy) is 1. The fourth-order valence-corrected chi connectivity index (χ4v) is 3.73. The third kappa shape index (κ3) is 4.60. The van der Waals surface area contributed by atoms with Crippen LogP contribution in [0.5, 0.6) is 0 Å². The van der Waals surface area contributed by atoms with Crippen LogP contribution < -0.4 is 4.80 Å². The molecule has 0 spiro atoms. The van der Waals surface area contributed by atoms with Gasteiger partial charge in [0, 0.05) is 37.1 Å². The molecule has 0 radical (unpaired) electrons. The van der Waals surface area contributed by atoms with E-state index in [9.17, 15) is 9.59 Å². The Morgan fingerprint density at radius 2 is 1.96 bits per heavy atom. The van der Waals surface area contributed by atoms with Gasteiger partial charge in [-0.1, -0.05) is 30.3 Å². The van der Waals surface area contributed by atoms with E-state index in [1.807, 2.05) is 34.3 Å². The summed E-state index contributed by atoms with van der Waals surface area (Å²) in [5.41, 5.74) is 1.17. The second kappa shape index (κ2) is 8.80. The van der Waals surface area contributed by atoms with Gasteiger partial charge >= 0.3 is 6.09 Å². The average molecular weight is 373 g/mol. The lowest BCUT2D eigenvalue weighted by molar-refractivity contribution is -0.123. The van der Waals surface area contributed by atoms with Crippen LogP contribution in [0.2, 0.25) is 0 Å². The molecule has 0 N–H and O–H groups in total. The number of hydrogen-bond donors (Lipinski definition) is 0. The Kier molecular flexibility index (Phi) is 6.22. The van der Waals surface area contributed by atoms with Crippen molar-refractivity contribution < 1.29 is 14.3 Å². The van der Waals surface area contributed by atoms with E-state index < -0.39 is 0 Å². The molecule has 1 aromatic carbocycles. The van der Waals surface area contributed by atoms with Crippen LogP contribution in [0.25, 0.3) is 0 Å². The molecule has 7 heteroatoms. The Bertz CT molecular complexity index is 805. The van der Waals surface area contributed by atoms with Crippen LogP contribution in [0.3, 0.4) is 0 Å². The smallest absolute Gasteiger partial charge is 0.409 e. The van der Waals surface area contributed by atoms with Crippen molar-refractivity contribution >= 4 is 23.3 Å². The summed E-state index contributed by atoms with van der Waals surface area (Å²) < 4.78 is 7.00. The zero-order valence-corrected chi connectivity index (χ0v) is 15.7. The van der Waals surface area contributed by atoms with Gasteiger partial charge < -0.3 is 14.2 Å². The number of carbonyl (C=O) groups is 2. The summed E-state index contributed by atoms with van der Waals surface area (Å²) in [4.78, 5) is 31.0. The Balaban J connectivity index is 1.63. The van der Waals surface area contributed by atoms with Crippen molar-refractivity contribution in [2.75, 3.05) is 19.7 Å². The fourth-order valence-electron chi connectivity index (χ4n) is 3.00. The molecule has 1 saturated heterocycles. The molecular formula is C19H23N3O3S. The van der Waals surface area contributed by atoms with E-state index >= 15 is 0 Å². The lowest BCUT2D eigenvalue weighted by atomic mass is 9.96. The number of carbonyl (C=O) groups excluding carboxylic acids is 2. The summed E-state index contributed by atoms with van der Waals surface area (Å²) >= 11 is 1.46. The van der Waals surface area contributed by atoms with Crippen LogP contribution in [-0.2, 0) is 16.1 Å². The first-order valence-electron chi connectivity index (χ1n) is 8.85. The van der Waals surface area contributed by atoms with Gasteiger partial charge in [-0.3, -0.25) is 4.79 Å². The topological polar surface area (TPSA) is 63.9 Å². The van der Waals surface area contributed by atoms with E-state index in [-0.39, 0.29) is 17.9 Å². The summed E-state index contributed by atoms with van der Waals surface area (Å²) in [5, 5.41) is 1.94. The van der Waals surface area contributed by atoms with E-state index in [4.69, 9.17) is 4.74 Å². The van der Waals surface area contributed by atoms with Crippen molar-refractivity contribution in [2.45, 2.75) is 26.3 Å². The Labute approximate surface area is 156 Å². The van der Waals surface area contributed by atoms with Gasteiger partial charge in [0.1, 0.15) is 0 Å². The zero-order valence-electron chi connectivity index (χ0n) is 14.8. The first kappa shape index (κ1) is 18.4. The lowest BCUT2D eigenvalue weighted by Crippen LogP contribution is -2.40. The summed E-state index contributed by atoms with van der Waals surface area (Å²) in [6.45, 7) is 3.93. The SMILES string of the molecule is CCOC(=O)N1CCC(C(=O)N=c2sccn2Cc2ccccc2)CC1. The normalized spacial score (nSPS) is 15.9. The highest BCUT2D eigenvalue weighted by molar-refractivity contribution is 7.07. The predicted octanol–water partition coefficient (Wildman–Crippen LogP) is 2.89. The van der Waals surface area contributed by atoms with Crippen molar-refractivity contribution in [1.29, 1.82) is 0 Å². The molecule has 1 fully saturated rings. The van der Waals surface area contributed by atoms with Crippen LogP contribution in [-0.4, -0.2) is 41.2 Å². The number of aromatic nitrogens is 1. The molecule has 2 heterocycles. The molecule has 0 bridgehead atoms. The highest BCUT2D eigenvalue weighted by Gasteiger charge is 2.27. The van der Waals surface area contributed by atoms with Crippen LogP contribution in [0.4, 0.5) is 4.79 Å². The van der Waals surface area contributed by atoms with E-state index in [2.05, 4.69) is 17.1 Å². The largest absolute Gasteiger partial charge is 0.450 e. The van der Waals surface area contributed by atoms with E-state index in [0.717, 1.165) is 0 Å². The van der Waals surface area contributed by atoms with Gasteiger partial charge in [0.05, 0.1) is 6.61 Å². The molecule has 1 aromatic heterocycles. The first-order valence-corrected chi connectivity index (χ1v) is 9.73. The second-order valence-electron chi connectivity index (χ2n) is 6.21. The van der Waals surface area contributed by atoms with Gasteiger partial charge in [-0.05, 0) is 25.3 Å². The average Bonchev–Trinajstić information content (AvgIpc) is 3.09. The quantitative estimate of drug-likeness (QED) is 0.828. The molecular weight excluding hydrogens is 350 g/mol. The maximum atomic E-state index is 12.6. The van der Waals surface area contributed by atoms with Gasteiger partial charge in [-0.2, -0.15) is 4.99 Å². The van der Waals surface area contributed by atoms with Gasteiger partial charge in [0.15, 0.2) is 4.80 Å². The first-order chi connectivity index (χ1) is 12.7. The van der Waals surface area contributed by atoms with Crippen molar-refractivity contribution in [3.8, 4) is 0 Å². The van der Waals surface area contributed by atoms with Crippen LogP contribution in [0.1, 0.15) is 25.3 Å². The van der Waals surface area contributed by atoms with E-state index in [1.54, 1.807) is 11.8 Å². The molecule has 2 amide bonds. The molecule has 2 aromatic rings. The highest BCUT2D eigenvalue weighted by Crippen LogP contribution is 2.19. The lowest BCUT2D eigenvalue weighted by Gasteiger charge is -2.29. The monoisotopic (exact) mass is 373 g/mol. The predicted molar refractivity (Wildman–Crippen MR) is 99.7 cm³/mol. The number of amides is 2. The van der Waals surface area contributed by atoms with E-state index in [1.165, 1.54) is 16.9 Å². The Hall–Kier alpha value is -2.41. The number of rotatable bonds is 4. The number of piperidine rings is 1. The third-order valence-electron chi connectivity index (χ3n) is 4.43. The highest BCUT2D eigenvalue weighted by atomic mass is 32.1. The molecule has 6 nitrogen and oxygen atoms in total. The Morgan fingerprint density at radius 3 is 2.65 bits per heavy atom. The number of hydrogen-bond acceptors (Lipinski definition) is 4. The van der Waals surface area contributed by atoms with Gasteiger partial charge in [-0.15, -0.1) is 11.3 Å². The molecule has 138 valence electrons. The van der Waals surface area contributed by atoms with Crippen molar-refractivity contribution in [1.82, 2.24) is 9.47 Å². The number of benzene rings is 1. The Morgan fingerprint density at radius 1 is 1.23 bits per heavy atom. The van der Waals surface area contributed by atoms with Gasteiger partial charge in [0.25, 0.3) is 5.91 Å². The fraction of sp³-hybridized carbons (Fsp3) is 0.421. The molecule has 3 rings (SSSR count). The minimum absolute atomic E-state index is 0.0993. The zero-order chi connectivity index (χ0) is 18.4. The molecule has 1 aliphatic heterocycles. The van der Waals surface area contributed by atoms with E-state index in [0.29, 0.717) is 43.9 Å². The van der Waals surface area contributed by atoms with Crippen molar-refractivity contribution in [2.24, 2.45) is 10.9 Å². The molecule has 26 heavy (non-hydrogen) atoms. The summed E-state index contributed by atoms with van der Waals surface area (Å²) in [6, 6.07) is 10.1. The number of likely N-dealkylation sites (tertiary alicyclic amines) is 1. The molecule has 1 aliphatic rings. The van der Waals surface area contributed by atoms with Crippen molar-refractivity contribution in [3.05, 3.63) is 52.3 Å². The maximum absolute atomic E-state index is 12.6.